The lowest BCUT2D eigenvalue weighted by atomic mass is 9.88. The molecule has 0 saturated carbocycles. The van der Waals surface area contributed by atoms with Crippen LogP contribution in [0.2, 0.25) is 0 Å². The number of piperazine rings is 1. The Kier molecular flexibility index (Phi) is 8.83. The Morgan fingerprint density at radius 3 is 2.12 bits per heavy atom. The van der Waals surface area contributed by atoms with Gasteiger partial charge in [0.2, 0.25) is 5.91 Å². The zero-order chi connectivity index (χ0) is 29.8. The highest BCUT2D eigenvalue weighted by molar-refractivity contribution is 5.83. The van der Waals surface area contributed by atoms with Crippen LogP contribution in [0.5, 0.6) is 5.75 Å². The molecule has 8 nitrogen and oxygen atoms in total. The molecule has 2 heterocycles. The van der Waals surface area contributed by atoms with E-state index in [1.807, 2.05) is 41.3 Å². The molecule has 42 heavy (non-hydrogen) atoms. The summed E-state index contributed by atoms with van der Waals surface area (Å²) in [5.41, 5.74) is 4.30. The van der Waals surface area contributed by atoms with Crippen molar-refractivity contribution < 1.29 is 14.3 Å². The molecule has 5 rings (SSSR count). The molecule has 0 spiro atoms. The highest BCUT2D eigenvalue weighted by atomic mass is 16.5. The first-order valence-corrected chi connectivity index (χ1v) is 14.5. The third kappa shape index (κ3) is 5.99. The third-order valence-corrected chi connectivity index (χ3v) is 8.30. The predicted octanol–water partition coefficient (Wildman–Crippen LogP) is 4.91. The first-order chi connectivity index (χ1) is 20.3. The quantitative estimate of drug-likeness (QED) is 0.419. The second-order valence-corrected chi connectivity index (χ2v) is 11.4. The number of nitrogens with one attached hydrogen (secondary N) is 1. The van der Waals surface area contributed by atoms with Crippen molar-refractivity contribution in [3.63, 3.8) is 0 Å². The smallest absolute Gasteiger partial charge is 0.334 e. The Bertz CT molecular complexity index is 1340. The Morgan fingerprint density at radius 1 is 0.976 bits per heavy atom. The summed E-state index contributed by atoms with van der Waals surface area (Å²) in [6, 6.07) is 28.1. The highest BCUT2D eigenvalue weighted by Gasteiger charge is 2.49. The van der Waals surface area contributed by atoms with E-state index in [9.17, 15) is 9.59 Å². The van der Waals surface area contributed by atoms with Gasteiger partial charge in [0, 0.05) is 31.8 Å². The van der Waals surface area contributed by atoms with Crippen molar-refractivity contribution >= 4 is 11.9 Å². The number of carbonyl (C=O) groups excluding carboxylic acids is 2. The van der Waals surface area contributed by atoms with Crippen LogP contribution in [0.1, 0.15) is 36.5 Å². The minimum atomic E-state index is -0.475. The van der Waals surface area contributed by atoms with Crippen LogP contribution in [-0.2, 0) is 11.3 Å². The van der Waals surface area contributed by atoms with Gasteiger partial charge < -0.3 is 19.9 Å². The van der Waals surface area contributed by atoms with Gasteiger partial charge in [-0.15, -0.1) is 0 Å². The molecule has 0 radical (unpaired) electrons. The molecule has 220 valence electrons. The summed E-state index contributed by atoms with van der Waals surface area (Å²) in [6.07, 6.45) is -0.475. The van der Waals surface area contributed by atoms with Gasteiger partial charge in [0.15, 0.2) is 0 Å². The van der Waals surface area contributed by atoms with E-state index in [0.29, 0.717) is 19.6 Å². The van der Waals surface area contributed by atoms with Gasteiger partial charge in [-0.05, 0) is 34.7 Å². The monoisotopic (exact) mass is 567 g/mol. The summed E-state index contributed by atoms with van der Waals surface area (Å²) < 4.78 is 5.25. The molecule has 8 heteroatoms. The van der Waals surface area contributed by atoms with Crippen LogP contribution in [0.15, 0.2) is 97.2 Å². The van der Waals surface area contributed by atoms with Crippen molar-refractivity contribution in [2.75, 3.05) is 33.8 Å². The van der Waals surface area contributed by atoms with E-state index in [4.69, 9.17) is 4.74 Å². The topological polar surface area (TPSA) is 68.4 Å². The Balaban J connectivity index is 1.44. The second kappa shape index (κ2) is 12.7. The summed E-state index contributed by atoms with van der Waals surface area (Å²) in [5.74, 6) is 0.981. The number of hydrogen-bond acceptors (Lipinski definition) is 5. The molecule has 0 bridgehead atoms. The zero-order valence-corrected chi connectivity index (χ0v) is 24.9. The van der Waals surface area contributed by atoms with Crippen LogP contribution in [-0.4, -0.2) is 77.8 Å². The number of benzene rings is 3. The summed E-state index contributed by atoms with van der Waals surface area (Å²) in [6.45, 7) is 10.4. The largest absolute Gasteiger partial charge is 0.497 e. The number of rotatable bonds is 8. The minimum absolute atomic E-state index is 0.00359. The summed E-state index contributed by atoms with van der Waals surface area (Å²) in [5, 5.41) is 6.52. The molecular weight excluding hydrogens is 526 g/mol. The van der Waals surface area contributed by atoms with E-state index in [1.54, 1.807) is 24.2 Å². The third-order valence-electron chi connectivity index (χ3n) is 8.30. The maximum absolute atomic E-state index is 13.8. The first-order valence-electron chi connectivity index (χ1n) is 14.5. The fraction of sp³-hybridized carbons (Fsp3) is 0.353. The van der Waals surface area contributed by atoms with Crippen LogP contribution in [0, 0.1) is 5.92 Å². The number of urea groups is 1. The molecule has 2 aliphatic heterocycles. The van der Waals surface area contributed by atoms with E-state index >= 15 is 0 Å². The zero-order valence-electron chi connectivity index (χ0n) is 24.9. The van der Waals surface area contributed by atoms with Crippen molar-refractivity contribution in [1.29, 1.82) is 0 Å². The number of methoxy groups -OCH3 is 1. The number of carbonyl (C=O) groups is 2. The average Bonchev–Trinajstić information content (AvgIpc) is 3.00. The van der Waals surface area contributed by atoms with Gasteiger partial charge in [0.05, 0.1) is 26.2 Å². The van der Waals surface area contributed by atoms with Gasteiger partial charge in [0.25, 0.3) is 0 Å². The Labute approximate surface area is 249 Å². The molecule has 0 unspecified atom stereocenters. The summed E-state index contributed by atoms with van der Waals surface area (Å²) in [4.78, 5) is 31.5. The van der Waals surface area contributed by atoms with Gasteiger partial charge in [-0.2, -0.15) is 0 Å². The van der Waals surface area contributed by atoms with Crippen LogP contribution in [0.4, 0.5) is 4.79 Å². The average molecular weight is 568 g/mol. The summed E-state index contributed by atoms with van der Waals surface area (Å²) >= 11 is 0. The number of ether oxygens (including phenoxy) is 1. The highest BCUT2D eigenvalue weighted by Crippen LogP contribution is 2.36. The number of nitrogens with zero attached hydrogens (tertiary/aromatic N) is 4. The van der Waals surface area contributed by atoms with Crippen LogP contribution < -0.4 is 10.1 Å². The molecule has 0 aliphatic carbocycles. The number of hydrazine groups is 1. The minimum Gasteiger partial charge on any atom is -0.497 e. The van der Waals surface area contributed by atoms with Crippen molar-refractivity contribution in [1.82, 2.24) is 25.1 Å². The molecule has 3 amide bonds. The lowest BCUT2D eigenvalue weighted by molar-refractivity contribution is -0.177. The molecule has 2 aliphatic rings. The van der Waals surface area contributed by atoms with E-state index in [1.165, 1.54) is 11.1 Å². The second-order valence-electron chi connectivity index (χ2n) is 11.4. The summed E-state index contributed by atoms with van der Waals surface area (Å²) in [7, 11) is 3.43. The van der Waals surface area contributed by atoms with E-state index in [2.05, 4.69) is 79.2 Å². The molecule has 2 saturated heterocycles. The number of hydrogen-bond donors (Lipinski definition) is 1. The fourth-order valence-corrected chi connectivity index (χ4v) is 6.22. The van der Waals surface area contributed by atoms with E-state index < -0.39 is 6.17 Å². The Hall–Kier alpha value is -4.30. The molecule has 1 N–H and O–H groups in total. The number of amides is 3. The van der Waals surface area contributed by atoms with E-state index in [-0.39, 0.29) is 36.4 Å². The molecule has 2 atom stereocenters. The number of fused-ring (bicyclic) bond motifs is 1. The van der Waals surface area contributed by atoms with Crippen LogP contribution in [0.3, 0.4) is 0 Å². The van der Waals surface area contributed by atoms with Gasteiger partial charge in [-0.3, -0.25) is 4.79 Å². The first kappa shape index (κ1) is 29.2. The van der Waals surface area contributed by atoms with Crippen LogP contribution in [0.25, 0.3) is 0 Å². The maximum Gasteiger partial charge on any atom is 0.334 e. The molecule has 3 aromatic rings. The van der Waals surface area contributed by atoms with Gasteiger partial charge >= 0.3 is 6.03 Å². The normalized spacial score (nSPS) is 19.3. The van der Waals surface area contributed by atoms with Crippen molar-refractivity contribution in [3.05, 3.63) is 114 Å². The maximum atomic E-state index is 13.8. The standard InChI is InChI=1S/C34H41N5O3/c1-24(2)33-25(3)37(21-30(27-12-8-6-9-13-27)28-14-10-7-11-15-28)22-31-38(33)32(40)23-36(4)39(31)34(41)35-20-26-16-18-29(42-5)19-17-26/h6-19,24,30-31,33H,3,20-23H2,1-2,4-5H3,(H,35,41)/t31-,33-/m0/s1. The lowest BCUT2D eigenvalue weighted by Gasteiger charge is -2.57. The van der Waals surface area contributed by atoms with Crippen molar-refractivity contribution in [3.8, 4) is 5.75 Å². The molecule has 3 aromatic carbocycles. The van der Waals surface area contributed by atoms with Gasteiger partial charge in [0.1, 0.15) is 11.9 Å². The van der Waals surface area contributed by atoms with Crippen molar-refractivity contribution in [2.24, 2.45) is 5.92 Å². The van der Waals surface area contributed by atoms with E-state index in [0.717, 1.165) is 17.0 Å². The Morgan fingerprint density at radius 2 is 1.57 bits per heavy atom. The predicted molar refractivity (Wildman–Crippen MR) is 164 cm³/mol. The molecule has 2 fully saturated rings. The SMILES string of the molecule is C=C1[C@H](C(C)C)N2C(=O)CN(C)N(C(=O)NCc3ccc(OC)cc3)[C@H]2CN1CC(c1ccccc1)c1ccccc1. The van der Waals surface area contributed by atoms with Crippen molar-refractivity contribution in [2.45, 2.75) is 38.5 Å². The van der Waals surface area contributed by atoms with Crippen LogP contribution >= 0.6 is 0 Å². The van der Waals surface area contributed by atoms with Gasteiger partial charge in [-0.1, -0.05) is 93.2 Å². The van der Waals surface area contributed by atoms with Gasteiger partial charge in [-0.25, -0.2) is 14.8 Å². The lowest BCUT2D eigenvalue weighted by Crippen LogP contribution is -2.74. The fourth-order valence-electron chi connectivity index (χ4n) is 6.22. The molecule has 0 aromatic heterocycles. The number of likely N-dealkylation sites (N-methyl/N-ethyl adjacent to an activating group) is 1. The molecular formula is C34H41N5O3.